The van der Waals surface area contributed by atoms with Gasteiger partial charge in [-0.05, 0) is 36.8 Å². The number of benzene rings is 1. The van der Waals surface area contributed by atoms with Crippen LogP contribution in [0.3, 0.4) is 0 Å². The lowest BCUT2D eigenvalue weighted by atomic mass is 10.2. The van der Waals surface area contributed by atoms with Gasteiger partial charge in [-0.25, -0.2) is 0 Å². The lowest BCUT2D eigenvalue weighted by molar-refractivity contribution is -0.116. The summed E-state index contributed by atoms with van der Waals surface area (Å²) in [5.41, 5.74) is 7.04. The normalized spacial score (nSPS) is 10.2. The van der Waals surface area contributed by atoms with Crippen molar-refractivity contribution in [2.45, 2.75) is 13.5 Å². The summed E-state index contributed by atoms with van der Waals surface area (Å²) in [4.78, 5) is 23.5. The van der Waals surface area contributed by atoms with Gasteiger partial charge in [0.25, 0.3) is 5.56 Å². The molecule has 0 radical (unpaired) electrons. The monoisotopic (exact) mass is 257 g/mol. The fraction of sp³-hybridized carbons (Fsp3) is 0.143. The molecule has 0 bridgehead atoms. The average Bonchev–Trinajstić information content (AvgIpc) is 2.35. The van der Waals surface area contributed by atoms with Crippen LogP contribution in [0.4, 0.5) is 11.4 Å². The third-order valence-electron chi connectivity index (χ3n) is 2.67. The first-order valence-corrected chi connectivity index (χ1v) is 5.88. The fourth-order valence-corrected chi connectivity index (χ4v) is 1.76. The summed E-state index contributed by atoms with van der Waals surface area (Å²) in [6.07, 6.45) is 1.54. The summed E-state index contributed by atoms with van der Waals surface area (Å²) in [7, 11) is 0. The standard InChI is InChI=1S/C14H15N3O2/c1-10-4-2-5-11(8-10)16-13(18)9-17-7-3-6-12(15)14(17)19/h2-8H,9,15H2,1H3,(H,16,18). The minimum absolute atomic E-state index is 0.0577. The van der Waals surface area contributed by atoms with Gasteiger partial charge in [0, 0.05) is 11.9 Å². The Labute approximate surface area is 110 Å². The zero-order valence-electron chi connectivity index (χ0n) is 10.6. The molecule has 0 saturated carbocycles. The number of pyridine rings is 1. The smallest absolute Gasteiger partial charge is 0.274 e. The number of nitrogens with two attached hydrogens (primary N) is 1. The highest BCUT2D eigenvalue weighted by Crippen LogP contribution is 2.09. The van der Waals surface area contributed by atoms with Crippen LogP contribution < -0.4 is 16.6 Å². The van der Waals surface area contributed by atoms with Gasteiger partial charge in [-0.15, -0.1) is 0 Å². The minimum Gasteiger partial charge on any atom is -0.394 e. The van der Waals surface area contributed by atoms with Gasteiger partial charge in [-0.1, -0.05) is 12.1 Å². The maximum atomic E-state index is 11.8. The van der Waals surface area contributed by atoms with Crippen LogP contribution in [0.2, 0.25) is 0 Å². The van der Waals surface area contributed by atoms with Gasteiger partial charge in [0.15, 0.2) is 0 Å². The number of carbonyl (C=O) groups is 1. The van der Waals surface area contributed by atoms with E-state index in [9.17, 15) is 9.59 Å². The number of hydrogen-bond acceptors (Lipinski definition) is 3. The van der Waals surface area contributed by atoms with E-state index < -0.39 is 0 Å². The number of nitrogen functional groups attached to an aromatic ring is 1. The Bertz CT molecular complexity index is 662. The van der Waals surface area contributed by atoms with Gasteiger partial charge in [-0.2, -0.15) is 0 Å². The molecule has 1 amide bonds. The molecule has 0 unspecified atom stereocenters. The zero-order valence-corrected chi connectivity index (χ0v) is 10.6. The maximum absolute atomic E-state index is 11.8. The second-order valence-corrected chi connectivity index (χ2v) is 4.31. The molecule has 0 aliphatic carbocycles. The summed E-state index contributed by atoms with van der Waals surface area (Å²) in [5.74, 6) is -0.265. The van der Waals surface area contributed by atoms with Crippen molar-refractivity contribution in [2.75, 3.05) is 11.1 Å². The van der Waals surface area contributed by atoms with Crippen molar-refractivity contribution < 1.29 is 4.79 Å². The minimum atomic E-state index is -0.359. The first-order chi connectivity index (χ1) is 9.06. The molecule has 98 valence electrons. The van der Waals surface area contributed by atoms with Gasteiger partial charge >= 0.3 is 0 Å². The molecule has 1 aromatic carbocycles. The predicted molar refractivity (Wildman–Crippen MR) is 74.9 cm³/mol. The SMILES string of the molecule is Cc1cccc(NC(=O)Cn2cccc(N)c2=O)c1. The number of rotatable bonds is 3. The van der Waals surface area contributed by atoms with Gasteiger partial charge < -0.3 is 15.6 Å². The van der Waals surface area contributed by atoms with Crippen LogP contribution in [0.25, 0.3) is 0 Å². The predicted octanol–water partition coefficient (Wildman–Crippen LogP) is 1.38. The van der Waals surface area contributed by atoms with E-state index in [2.05, 4.69) is 5.32 Å². The molecular weight excluding hydrogens is 242 g/mol. The Morgan fingerprint density at radius 1 is 1.32 bits per heavy atom. The highest BCUT2D eigenvalue weighted by atomic mass is 16.2. The molecular formula is C14H15N3O2. The first kappa shape index (κ1) is 12.9. The number of carbonyl (C=O) groups excluding carboxylic acids is 1. The van der Waals surface area contributed by atoms with Crippen molar-refractivity contribution in [3.63, 3.8) is 0 Å². The molecule has 0 atom stereocenters. The van der Waals surface area contributed by atoms with Crippen LogP contribution in [-0.2, 0) is 11.3 Å². The van der Waals surface area contributed by atoms with Crippen molar-refractivity contribution in [1.82, 2.24) is 4.57 Å². The Morgan fingerprint density at radius 2 is 2.11 bits per heavy atom. The van der Waals surface area contributed by atoms with Crippen LogP contribution >= 0.6 is 0 Å². The van der Waals surface area contributed by atoms with Crippen LogP contribution in [0, 0.1) is 6.92 Å². The van der Waals surface area contributed by atoms with Gasteiger partial charge in [0.1, 0.15) is 6.54 Å². The van der Waals surface area contributed by atoms with E-state index in [-0.39, 0.29) is 23.7 Å². The highest BCUT2D eigenvalue weighted by molar-refractivity contribution is 5.90. The summed E-state index contributed by atoms with van der Waals surface area (Å²) in [6.45, 7) is 1.88. The molecule has 0 aliphatic rings. The molecule has 19 heavy (non-hydrogen) atoms. The quantitative estimate of drug-likeness (QED) is 0.872. The van der Waals surface area contributed by atoms with Crippen molar-refractivity contribution in [1.29, 1.82) is 0 Å². The van der Waals surface area contributed by atoms with Crippen molar-refractivity contribution in [3.8, 4) is 0 Å². The van der Waals surface area contributed by atoms with E-state index in [1.54, 1.807) is 12.1 Å². The first-order valence-electron chi connectivity index (χ1n) is 5.88. The molecule has 0 aliphatic heterocycles. The van der Waals surface area contributed by atoms with E-state index in [4.69, 9.17) is 5.73 Å². The number of aromatic nitrogens is 1. The third kappa shape index (κ3) is 3.22. The van der Waals surface area contributed by atoms with Crippen LogP contribution in [0.15, 0.2) is 47.4 Å². The molecule has 0 saturated heterocycles. The Hall–Kier alpha value is -2.56. The van der Waals surface area contributed by atoms with E-state index >= 15 is 0 Å². The Kier molecular flexibility index (Phi) is 3.66. The zero-order chi connectivity index (χ0) is 13.8. The highest BCUT2D eigenvalue weighted by Gasteiger charge is 2.06. The van der Waals surface area contributed by atoms with E-state index in [0.29, 0.717) is 5.69 Å². The molecule has 5 heteroatoms. The van der Waals surface area contributed by atoms with E-state index in [0.717, 1.165) is 5.56 Å². The molecule has 0 fully saturated rings. The summed E-state index contributed by atoms with van der Waals surface area (Å²) >= 11 is 0. The molecule has 3 N–H and O–H groups in total. The van der Waals surface area contributed by atoms with E-state index in [1.807, 2.05) is 25.1 Å². The molecule has 2 aromatic rings. The molecule has 1 aromatic heterocycles. The Morgan fingerprint density at radius 3 is 2.84 bits per heavy atom. The average molecular weight is 257 g/mol. The molecule has 1 heterocycles. The fourth-order valence-electron chi connectivity index (χ4n) is 1.76. The van der Waals surface area contributed by atoms with Gasteiger partial charge in [-0.3, -0.25) is 9.59 Å². The molecule has 2 rings (SSSR count). The van der Waals surface area contributed by atoms with Gasteiger partial charge in [0.05, 0.1) is 5.69 Å². The number of amides is 1. The second kappa shape index (κ2) is 5.39. The van der Waals surface area contributed by atoms with E-state index in [1.165, 1.54) is 16.8 Å². The van der Waals surface area contributed by atoms with Crippen LogP contribution in [-0.4, -0.2) is 10.5 Å². The summed E-state index contributed by atoms with van der Waals surface area (Å²) in [5, 5.41) is 2.74. The van der Waals surface area contributed by atoms with Crippen LogP contribution in [0.1, 0.15) is 5.56 Å². The third-order valence-corrected chi connectivity index (χ3v) is 2.67. The summed E-state index contributed by atoms with van der Waals surface area (Å²) < 4.78 is 1.28. The lowest BCUT2D eigenvalue weighted by Gasteiger charge is -2.08. The number of nitrogens with zero attached hydrogens (tertiary/aromatic N) is 1. The van der Waals surface area contributed by atoms with Crippen molar-refractivity contribution >= 4 is 17.3 Å². The number of nitrogens with one attached hydrogen (secondary N) is 1. The largest absolute Gasteiger partial charge is 0.394 e. The molecule has 5 nitrogen and oxygen atoms in total. The summed E-state index contributed by atoms with van der Waals surface area (Å²) in [6, 6.07) is 10.6. The van der Waals surface area contributed by atoms with Crippen molar-refractivity contribution in [3.05, 3.63) is 58.5 Å². The molecule has 0 spiro atoms. The number of anilines is 2. The lowest BCUT2D eigenvalue weighted by Crippen LogP contribution is -2.28. The van der Waals surface area contributed by atoms with Crippen molar-refractivity contribution in [2.24, 2.45) is 0 Å². The van der Waals surface area contributed by atoms with Gasteiger partial charge in [0.2, 0.25) is 5.91 Å². The Balaban J connectivity index is 2.10. The topological polar surface area (TPSA) is 77.1 Å². The maximum Gasteiger partial charge on any atom is 0.274 e. The second-order valence-electron chi connectivity index (χ2n) is 4.31. The number of aryl methyl sites for hydroxylation is 1. The van der Waals surface area contributed by atoms with Crippen LogP contribution in [0.5, 0.6) is 0 Å². The number of hydrogen-bond donors (Lipinski definition) is 2.